The Kier molecular flexibility index (Phi) is 6.79. The number of piperazine rings is 1. The number of halogens is 1. The molecule has 1 N–H and O–H groups in total. The molecule has 7 heteroatoms. The van der Waals surface area contributed by atoms with Crippen LogP contribution in [0, 0.1) is 11.7 Å². The number of likely N-dealkylation sites (tertiary alicyclic amines) is 1. The van der Waals surface area contributed by atoms with Crippen LogP contribution in [0.1, 0.15) is 18.4 Å². The predicted molar refractivity (Wildman–Crippen MR) is 101 cm³/mol. The summed E-state index contributed by atoms with van der Waals surface area (Å²) in [7, 11) is 1.64. The Bertz CT molecular complexity index is 661. The molecule has 0 aromatic heterocycles. The molecule has 2 amide bonds. The number of nitrogens with zero attached hydrogens (tertiary/aromatic N) is 3. The van der Waals surface area contributed by atoms with Gasteiger partial charge in [0.2, 0.25) is 11.8 Å². The lowest BCUT2D eigenvalue weighted by Crippen LogP contribution is -2.53. The molecule has 3 rings (SSSR count). The van der Waals surface area contributed by atoms with E-state index >= 15 is 0 Å². The molecule has 0 radical (unpaired) electrons. The Morgan fingerprint density at radius 2 is 1.93 bits per heavy atom. The fourth-order valence-corrected chi connectivity index (χ4v) is 3.96. The Morgan fingerprint density at radius 3 is 2.63 bits per heavy atom. The number of amides is 2. The van der Waals surface area contributed by atoms with Gasteiger partial charge in [0.25, 0.3) is 0 Å². The molecule has 1 unspecified atom stereocenters. The first kappa shape index (κ1) is 19.8. The van der Waals surface area contributed by atoms with Gasteiger partial charge in [-0.2, -0.15) is 0 Å². The maximum Gasteiger partial charge on any atom is 0.233 e. The molecule has 0 aliphatic carbocycles. The number of hydrogen-bond donors (Lipinski definition) is 1. The Hall–Kier alpha value is -1.99. The van der Waals surface area contributed by atoms with E-state index in [1.54, 1.807) is 19.2 Å². The molecule has 1 aromatic rings. The van der Waals surface area contributed by atoms with Crippen molar-refractivity contribution in [1.82, 2.24) is 20.0 Å². The number of carbonyl (C=O) groups is 2. The third kappa shape index (κ3) is 5.49. The van der Waals surface area contributed by atoms with E-state index in [0.29, 0.717) is 26.2 Å². The second-order valence-electron chi connectivity index (χ2n) is 7.48. The minimum absolute atomic E-state index is 0.00930. The molecular weight excluding hydrogens is 347 g/mol. The van der Waals surface area contributed by atoms with E-state index in [1.807, 2.05) is 11.0 Å². The summed E-state index contributed by atoms with van der Waals surface area (Å²) in [6.45, 7) is 5.57. The van der Waals surface area contributed by atoms with Gasteiger partial charge >= 0.3 is 0 Å². The van der Waals surface area contributed by atoms with Gasteiger partial charge in [0.15, 0.2) is 0 Å². The van der Waals surface area contributed by atoms with Gasteiger partial charge in [-0.25, -0.2) is 4.39 Å². The average Bonchev–Trinajstić information content (AvgIpc) is 2.68. The normalized spacial score (nSPS) is 21.9. The highest BCUT2D eigenvalue weighted by Gasteiger charge is 2.31. The van der Waals surface area contributed by atoms with Crippen LogP contribution < -0.4 is 5.32 Å². The summed E-state index contributed by atoms with van der Waals surface area (Å²) in [5, 5.41) is 2.64. The molecule has 2 saturated heterocycles. The van der Waals surface area contributed by atoms with Crippen LogP contribution in [0.3, 0.4) is 0 Å². The molecule has 1 aromatic carbocycles. The molecule has 148 valence electrons. The van der Waals surface area contributed by atoms with Gasteiger partial charge in [0, 0.05) is 46.3 Å². The van der Waals surface area contributed by atoms with Gasteiger partial charge in [-0.3, -0.25) is 19.4 Å². The molecule has 1 atom stereocenters. The average molecular weight is 376 g/mol. The van der Waals surface area contributed by atoms with E-state index in [1.165, 1.54) is 6.07 Å². The van der Waals surface area contributed by atoms with Crippen molar-refractivity contribution in [3.8, 4) is 0 Å². The maximum absolute atomic E-state index is 13.4. The van der Waals surface area contributed by atoms with E-state index in [4.69, 9.17) is 0 Å². The molecule has 2 aliphatic rings. The number of likely N-dealkylation sites (N-methyl/N-ethyl adjacent to an activating group) is 1. The highest BCUT2D eigenvalue weighted by molar-refractivity contribution is 5.79. The third-order valence-electron chi connectivity index (χ3n) is 5.48. The standard InChI is InChI=1S/C20H29FN4O2/c1-22-19(26)15-23-8-10-25(11-9-23)20(27)17-5-3-7-24(14-17)13-16-4-2-6-18(21)12-16/h2,4,6,12,17H,3,5,7-11,13-15H2,1H3,(H,22,26). The molecule has 0 spiro atoms. The van der Waals surface area contributed by atoms with Gasteiger partial charge in [-0.05, 0) is 37.1 Å². The van der Waals surface area contributed by atoms with E-state index in [2.05, 4.69) is 15.1 Å². The summed E-state index contributed by atoms with van der Waals surface area (Å²) in [4.78, 5) is 30.7. The number of carbonyl (C=O) groups excluding carboxylic acids is 2. The Labute approximate surface area is 160 Å². The summed E-state index contributed by atoms with van der Waals surface area (Å²) < 4.78 is 13.4. The summed E-state index contributed by atoms with van der Waals surface area (Å²) >= 11 is 0. The van der Waals surface area contributed by atoms with E-state index in [0.717, 1.165) is 44.6 Å². The zero-order valence-corrected chi connectivity index (χ0v) is 16.0. The van der Waals surface area contributed by atoms with Crippen molar-refractivity contribution in [2.24, 2.45) is 5.92 Å². The minimum Gasteiger partial charge on any atom is -0.358 e. The lowest BCUT2D eigenvalue weighted by Gasteiger charge is -2.38. The van der Waals surface area contributed by atoms with Crippen molar-refractivity contribution in [3.63, 3.8) is 0 Å². The monoisotopic (exact) mass is 376 g/mol. The van der Waals surface area contributed by atoms with Crippen LogP contribution in [-0.4, -0.2) is 79.4 Å². The van der Waals surface area contributed by atoms with Gasteiger partial charge in [0.1, 0.15) is 5.82 Å². The fraction of sp³-hybridized carbons (Fsp3) is 0.600. The summed E-state index contributed by atoms with van der Waals surface area (Å²) in [5.41, 5.74) is 0.950. The van der Waals surface area contributed by atoms with Crippen LogP contribution in [0.25, 0.3) is 0 Å². The highest BCUT2D eigenvalue weighted by Crippen LogP contribution is 2.21. The first-order chi connectivity index (χ1) is 13.0. The molecule has 6 nitrogen and oxygen atoms in total. The summed E-state index contributed by atoms with van der Waals surface area (Å²) in [5.74, 6) is 0.0261. The molecule has 27 heavy (non-hydrogen) atoms. The SMILES string of the molecule is CNC(=O)CN1CCN(C(=O)C2CCCN(Cc3cccc(F)c3)C2)CC1. The molecule has 2 aliphatic heterocycles. The fourth-order valence-electron chi connectivity index (χ4n) is 3.96. The first-order valence-corrected chi connectivity index (χ1v) is 9.73. The molecular formula is C20H29FN4O2. The highest BCUT2D eigenvalue weighted by atomic mass is 19.1. The van der Waals surface area contributed by atoms with Crippen molar-refractivity contribution in [1.29, 1.82) is 0 Å². The minimum atomic E-state index is -0.216. The smallest absolute Gasteiger partial charge is 0.233 e. The van der Waals surface area contributed by atoms with Crippen LogP contribution in [-0.2, 0) is 16.1 Å². The van der Waals surface area contributed by atoms with Gasteiger partial charge in [0.05, 0.1) is 12.5 Å². The van der Waals surface area contributed by atoms with E-state index in [-0.39, 0.29) is 23.5 Å². The van der Waals surface area contributed by atoms with Crippen LogP contribution in [0.15, 0.2) is 24.3 Å². The van der Waals surface area contributed by atoms with Gasteiger partial charge in [-0.1, -0.05) is 12.1 Å². The van der Waals surface area contributed by atoms with E-state index in [9.17, 15) is 14.0 Å². The number of nitrogens with one attached hydrogen (secondary N) is 1. The van der Waals surface area contributed by atoms with Gasteiger partial charge in [-0.15, -0.1) is 0 Å². The van der Waals surface area contributed by atoms with Crippen molar-refractivity contribution in [3.05, 3.63) is 35.6 Å². The zero-order chi connectivity index (χ0) is 19.2. The van der Waals surface area contributed by atoms with E-state index < -0.39 is 0 Å². The van der Waals surface area contributed by atoms with Gasteiger partial charge < -0.3 is 10.2 Å². The molecule has 2 fully saturated rings. The summed E-state index contributed by atoms with van der Waals surface area (Å²) in [6, 6.07) is 6.68. The third-order valence-corrected chi connectivity index (χ3v) is 5.48. The quantitative estimate of drug-likeness (QED) is 0.831. The van der Waals surface area contributed by atoms with Crippen molar-refractivity contribution < 1.29 is 14.0 Å². The zero-order valence-electron chi connectivity index (χ0n) is 16.0. The molecule has 0 bridgehead atoms. The van der Waals surface area contributed by atoms with Crippen LogP contribution in [0.2, 0.25) is 0 Å². The molecule has 2 heterocycles. The lowest BCUT2D eigenvalue weighted by atomic mass is 9.95. The Balaban J connectivity index is 1.49. The Morgan fingerprint density at radius 1 is 1.15 bits per heavy atom. The van der Waals surface area contributed by atoms with Crippen molar-refractivity contribution in [2.45, 2.75) is 19.4 Å². The number of benzene rings is 1. The first-order valence-electron chi connectivity index (χ1n) is 9.73. The maximum atomic E-state index is 13.4. The molecule has 0 saturated carbocycles. The largest absolute Gasteiger partial charge is 0.358 e. The number of rotatable bonds is 5. The van der Waals surface area contributed by atoms with Crippen LogP contribution >= 0.6 is 0 Å². The summed E-state index contributed by atoms with van der Waals surface area (Å²) in [6.07, 6.45) is 1.90. The van der Waals surface area contributed by atoms with Crippen molar-refractivity contribution in [2.75, 3.05) is 52.9 Å². The second kappa shape index (κ2) is 9.28. The van der Waals surface area contributed by atoms with Crippen LogP contribution in [0.5, 0.6) is 0 Å². The van der Waals surface area contributed by atoms with Crippen molar-refractivity contribution >= 4 is 11.8 Å². The predicted octanol–water partition coefficient (Wildman–Crippen LogP) is 0.928. The lowest BCUT2D eigenvalue weighted by molar-refractivity contribution is -0.139. The van der Waals surface area contributed by atoms with Crippen LogP contribution in [0.4, 0.5) is 4.39 Å². The number of piperidine rings is 1. The second-order valence-corrected chi connectivity index (χ2v) is 7.48. The number of hydrogen-bond acceptors (Lipinski definition) is 4. The topological polar surface area (TPSA) is 55.9 Å².